The van der Waals surface area contributed by atoms with Gasteiger partial charge in [0.15, 0.2) is 0 Å². The summed E-state index contributed by atoms with van der Waals surface area (Å²) in [5.74, 6) is 0.329. The van der Waals surface area contributed by atoms with Gasteiger partial charge in [0.25, 0.3) is 10.0 Å². The molecule has 0 bridgehead atoms. The van der Waals surface area contributed by atoms with Crippen LogP contribution >= 0.6 is 0 Å². The van der Waals surface area contributed by atoms with Crippen molar-refractivity contribution < 1.29 is 8.42 Å². The maximum Gasteiger partial charge on any atom is 0.264 e. The summed E-state index contributed by atoms with van der Waals surface area (Å²) in [7, 11) is -3.80. The number of sulfonamides is 1. The van der Waals surface area contributed by atoms with Gasteiger partial charge in [0.1, 0.15) is 16.8 Å². The molecule has 1 aromatic carbocycles. The van der Waals surface area contributed by atoms with Gasteiger partial charge in [0.05, 0.1) is 11.8 Å². The molecular weight excluding hydrogens is 264 g/mol. The number of anilines is 1. The summed E-state index contributed by atoms with van der Waals surface area (Å²) >= 11 is 0. The molecule has 0 aliphatic heterocycles. The summed E-state index contributed by atoms with van der Waals surface area (Å²) in [6.07, 6.45) is 2.21. The van der Waals surface area contributed by atoms with Crippen LogP contribution in [0, 0.1) is 11.3 Å². The van der Waals surface area contributed by atoms with Crippen LogP contribution in [-0.2, 0) is 16.4 Å². The Labute approximate surface area is 111 Å². The van der Waals surface area contributed by atoms with Crippen LogP contribution in [-0.4, -0.2) is 18.6 Å². The molecule has 1 heterocycles. The molecule has 7 heteroatoms. The quantitative estimate of drug-likeness (QED) is 0.886. The lowest BCUT2D eigenvalue weighted by Gasteiger charge is -2.08. The number of nitrogens with one attached hydrogen (secondary N) is 2. The lowest BCUT2D eigenvalue weighted by molar-refractivity contribution is 0.600. The van der Waals surface area contributed by atoms with E-state index in [1.165, 1.54) is 12.1 Å². The first-order valence-electron chi connectivity index (χ1n) is 5.62. The van der Waals surface area contributed by atoms with Crippen LogP contribution in [0.15, 0.2) is 35.4 Å². The molecule has 0 fully saturated rings. The summed E-state index contributed by atoms with van der Waals surface area (Å²) in [6.45, 7) is 1.89. The van der Waals surface area contributed by atoms with Crippen LogP contribution < -0.4 is 4.72 Å². The van der Waals surface area contributed by atoms with Gasteiger partial charge in [-0.2, -0.15) is 10.4 Å². The van der Waals surface area contributed by atoms with E-state index in [1.807, 2.05) is 13.0 Å². The molecule has 0 aliphatic rings. The number of rotatable bonds is 4. The number of hydrogen-bond donors (Lipinski definition) is 2. The molecule has 2 aromatic rings. The summed E-state index contributed by atoms with van der Waals surface area (Å²) in [6, 6.07) is 7.91. The maximum atomic E-state index is 12.2. The summed E-state index contributed by atoms with van der Waals surface area (Å²) in [4.78, 5) is -0.0471. The van der Waals surface area contributed by atoms with Gasteiger partial charge in [0.2, 0.25) is 0 Å². The third-order valence-electron chi connectivity index (χ3n) is 2.63. The van der Waals surface area contributed by atoms with E-state index in [0.29, 0.717) is 12.2 Å². The predicted octanol–water partition coefficient (Wildman–Crippen LogP) is 1.64. The van der Waals surface area contributed by atoms with Crippen molar-refractivity contribution in [2.45, 2.75) is 18.2 Å². The third kappa shape index (κ3) is 2.58. The Morgan fingerprint density at radius 1 is 1.42 bits per heavy atom. The van der Waals surface area contributed by atoms with E-state index < -0.39 is 10.0 Å². The Balaban J connectivity index is 2.42. The Bertz CT molecular complexity index is 728. The average molecular weight is 276 g/mol. The number of hydrogen-bond acceptors (Lipinski definition) is 4. The summed E-state index contributed by atoms with van der Waals surface area (Å²) in [5.41, 5.74) is 0.866. The number of aromatic nitrogens is 2. The van der Waals surface area contributed by atoms with Gasteiger partial charge >= 0.3 is 0 Å². The van der Waals surface area contributed by atoms with Gasteiger partial charge in [-0.05, 0) is 18.6 Å². The second-order valence-electron chi connectivity index (χ2n) is 3.84. The molecule has 19 heavy (non-hydrogen) atoms. The van der Waals surface area contributed by atoms with Crippen LogP contribution in [0.1, 0.15) is 18.1 Å². The Hall–Kier alpha value is -2.33. The van der Waals surface area contributed by atoms with E-state index in [2.05, 4.69) is 14.9 Å². The van der Waals surface area contributed by atoms with Gasteiger partial charge < -0.3 is 0 Å². The van der Waals surface area contributed by atoms with Gasteiger partial charge in [-0.1, -0.05) is 19.1 Å². The first-order valence-corrected chi connectivity index (χ1v) is 7.11. The first-order chi connectivity index (χ1) is 9.08. The maximum absolute atomic E-state index is 12.2. The minimum atomic E-state index is -3.80. The normalized spacial score (nSPS) is 10.9. The Morgan fingerprint density at radius 2 is 2.16 bits per heavy atom. The highest BCUT2D eigenvalue weighted by Gasteiger charge is 2.20. The molecule has 1 aromatic heterocycles. The molecule has 2 rings (SSSR count). The van der Waals surface area contributed by atoms with Crippen LogP contribution in [0.4, 0.5) is 5.82 Å². The minimum absolute atomic E-state index is 0.0471. The minimum Gasteiger partial charge on any atom is -0.263 e. The zero-order valence-electron chi connectivity index (χ0n) is 10.2. The van der Waals surface area contributed by atoms with Crippen LogP contribution in [0.3, 0.4) is 0 Å². The number of nitriles is 1. The number of nitrogens with zero attached hydrogens (tertiary/aromatic N) is 2. The summed E-state index contributed by atoms with van der Waals surface area (Å²) < 4.78 is 26.9. The van der Waals surface area contributed by atoms with Crippen molar-refractivity contribution in [2.75, 3.05) is 4.72 Å². The lowest BCUT2D eigenvalue weighted by Crippen LogP contribution is -2.15. The highest BCUT2D eigenvalue weighted by molar-refractivity contribution is 7.92. The monoisotopic (exact) mass is 276 g/mol. The van der Waals surface area contributed by atoms with Crippen LogP contribution in [0.5, 0.6) is 0 Å². The van der Waals surface area contributed by atoms with Gasteiger partial charge in [-0.25, -0.2) is 8.42 Å². The molecule has 0 aliphatic carbocycles. The lowest BCUT2D eigenvalue weighted by atomic mass is 10.2. The second-order valence-corrected chi connectivity index (χ2v) is 5.49. The fourth-order valence-corrected chi connectivity index (χ4v) is 2.87. The second kappa shape index (κ2) is 5.12. The molecule has 0 amide bonds. The molecule has 0 saturated carbocycles. The highest BCUT2D eigenvalue weighted by Crippen LogP contribution is 2.20. The van der Waals surface area contributed by atoms with Crippen molar-refractivity contribution in [2.24, 2.45) is 0 Å². The van der Waals surface area contributed by atoms with E-state index in [9.17, 15) is 8.42 Å². The fraction of sp³-hybridized carbons (Fsp3) is 0.167. The van der Waals surface area contributed by atoms with Gasteiger partial charge in [0, 0.05) is 5.56 Å². The molecule has 98 valence electrons. The van der Waals surface area contributed by atoms with Crippen LogP contribution in [0.2, 0.25) is 0 Å². The average Bonchev–Trinajstić information content (AvgIpc) is 2.85. The molecule has 0 spiro atoms. The van der Waals surface area contributed by atoms with Gasteiger partial charge in [-0.15, -0.1) is 0 Å². The molecule has 0 saturated heterocycles. The van der Waals surface area contributed by atoms with Crippen molar-refractivity contribution in [1.82, 2.24) is 10.2 Å². The van der Waals surface area contributed by atoms with Crippen molar-refractivity contribution in [3.63, 3.8) is 0 Å². The Kier molecular flexibility index (Phi) is 3.53. The topological polar surface area (TPSA) is 98.6 Å². The molecule has 2 N–H and O–H groups in total. The number of aromatic amines is 1. The SMILES string of the molecule is CCc1cn[nH]c1NS(=O)(=O)c1ccccc1C#N. The Morgan fingerprint density at radius 3 is 2.84 bits per heavy atom. The first kappa shape index (κ1) is 13.1. The number of aryl methyl sites for hydroxylation is 1. The van der Waals surface area contributed by atoms with E-state index in [-0.39, 0.29) is 10.5 Å². The standard InChI is InChI=1S/C12H12N4O2S/c1-2-9-8-14-15-12(9)16-19(17,18)11-6-4-3-5-10(11)7-13/h3-6,8H,2H2,1H3,(H2,14,15,16). The predicted molar refractivity (Wildman–Crippen MR) is 69.9 cm³/mol. The zero-order valence-corrected chi connectivity index (χ0v) is 11.0. The van der Waals surface area contributed by atoms with E-state index in [0.717, 1.165) is 5.56 Å². The third-order valence-corrected chi connectivity index (χ3v) is 4.04. The molecular formula is C12H12N4O2S. The molecule has 6 nitrogen and oxygen atoms in total. The van der Waals surface area contributed by atoms with Crippen molar-refractivity contribution in [3.8, 4) is 6.07 Å². The van der Waals surface area contributed by atoms with Crippen LogP contribution in [0.25, 0.3) is 0 Å². The van der Waals surface area contributed by atoms with E-state index >= 15 is 0 Å². The van der Waals surface area contributed by atoms with E-state index in [1.54, 1.807) is 18.3 Å². The zero-order chi connectivity index (χ0) is 13.9. The number of H-pyrrole nitrogens is 1. The highest BCUT2D eigenvalue weighted by atomic mass is 32.2. The molecule has 0 atom stereocenters. The smallest absolute Gasteiger partial charge is 0.263 e. The van der Waals surface area contributed by atoms with E-state index in [4.69, 9.17) is 5.26 Å². The van der Waals surface area contributed by atoms with Crippen molar-refractivity contribution in [3.05, 3.63) is 41.6 Å². The summed E-state index contributed by atoms with van der Waals surface area (Å²) in [5, 5.41) is 15.3. The fourth-order valence-electron chi connectivity index (χ4n) is 1.65. The van der Waals surface area contributed by atoms with Crippen molar-refractivity contribution in [1.29, 1.82) is 5.26 Å². The number of benzene rings is 1. The largest absolute Gasteiger partial charge is 0.264 e. The van der Waals surface area contributed by atoms with Gasteiger partial charge in [-0.3, -0.25) is 9.82 Å². The molecule has 0 unspecified atom stereocenters. The van der Waals surface area contributed by atoms with Crippen molar-refractivity contribution >= 4 is 15.8 Å². The molecule has 0 radical (unpaired) electrons.